The van der Waals surface area contributed by atoms with Gasteiger partial charge in [-0.2, -0.15) is 13.2 Å². The Labute approximate surface area is 100.0 Å². The Balaban J connectivity index is 4.05. The van der Waals surface area contributed by atoms with E-state index < -0.39 is 12.6 Å². The highest BCUT2D eigenvalue weighted by Gasteiger charge is 2.27. The number of nitrogens with zero attached hydrogens (tertiary/aromatic N) is 1. The number of halogens is 3. The molecule has 0 aromatic rings. The summed E-state index contributed by atoms with van der Waals surface area (Å²) in [5, 5.41) is 0. The lowest BCUT2D eigenvalue weighted by Crippen LogP contribution is -2.34. The van der Waals surface area contributed by atoms with Gasteiger partial charge in [-0.3, -0.25) is 0 Å². The Morgan fingerprint density at radius 3 is 2.25 bits per heavy atom. The highest BCUT2D eigenvalue weighted by molar-refractivity contribution is 7.80. The molecule has 0 radical (unpaired) electrons. The van der Waals surface area contributed by atoms with Crippen molar-refractivity contribution in [3.63, 3.8) is 0 Å². The van der Waals surface area contributed by atoms with E-state index in [-0.39, 0.29) is 6.54 Å². The quantitative estimate of drug-likeness (QED) is 0.710. The number of thiocarbonyl (C=S) groups is 1. The maximum Gasteiger partial charge on any atom is 0.390 e. The first-order valence-electron chi connectivity index (χ1n) is 5.28. The van der Waals surface area contributed by atoms with Crippen molar-refractivity contribution in [3.05, 3.63) is 0 Å². The number of nitrogens with two attached hydrogens (primary N) is 1. The molecule has 0 saturated carbocycles. The molecule has 0 aromatic heterocycles. The number of rotatable bonds is 7. The second kappa shape index (κ2) is 7.06. The largest absolute Gasteiger partial charge is 0.393 e. The Morgan fingerprint density at radius 1 is 1.31 bits per heavy atom. The molecule has 0 spiro atoms. The minimum absolute atomic E-state index is 0.0181. The van der Waals surface area contributed by atoms with E-state index in [9.17, 15) is 13.2 Å². The standard InChI is InChI=1S/C10H19F3N2S/c1-8(2)7-15(5-3-9(14)16)6-4-10(11,12)13/h8H,3-7H2,1-2H3,(H2,14,16). The van der Waals surface area contributed by atoms with Gasteiger partial charge in [0.1, 0.15) is 0 Å². The highest BCUT2D eigenvalue weighted by atomic mass is 32.1. The molecule has 0 heterocycles. The van der Waals surface area contributed by atoms with Crippen LogP contribution in [-0.4, -0.2) is 35.7 Å². The molecule has 0 aliphatic rings. The SMILES string of the molecule is CC(C)CN(CCC(N)=S)CCC(F)(F)F. The monoisotopic (exact) mass is 256 g/mol. The van der Waals surface area contributed by atoms with Gasteiger partial charge in [-0.05, 0) is 5.92 Å². The van der Waals surface area contributed by atoms with Gasteiger partial charge >= 0.3 is 6.18 Å². The van der Waals surface area contributed by atoms with Crippen LogP contribution in [0.1, 0.15) is 26.7 Å². The third-order valence-corrected chi connectivity index (χ3v) is 2.21. The van der Waals surface area contributed by atoms with Crippen LogP contribution in [0.25, 0.3) is 0 Å². The third-order valence-electron chi connectivity index (χ3n) is 2.01. The third kappa shape index (κ3) is 10.2. The van der Waals surface area contributed by atoms with Crippen molar-refractivity contribution in [2.75, 3.05) is 19.6 Å². The molecular weight excluding hydrogens is 237 g/mol. The maximum atomic E-state index is 12.1. The fourth-order valence-electron chi connectivity index (χ4n) is 1.36. The summed E-state index contributed by atoms with van der Waals surface area (Å²) in [6, 6.07) is 0. The van der Waals surface area contributed by atoms with Crippen LogP contribution in [0, 0.1) is 5.92 Å². The van der Waals surface area contributed by atoms with E-state index in [1.807, 2.05) is 13.8 Å². The van der Waals surface area contributed by atoms with Crippen molar-refractivity contribution in [1.82, 2.24) is 4.90 Å². The van der Waals surface area contributed by atoms with Crippen molar-refractivity contribution >= 4 is 17.2 Å². The molecular formula is C10H19F3N2S. The minimum Gasteiger partial charge on any atom is -0.393 e. The smallest absolute Gasteiger partial charge is 0.390 e. The molecule has 0 unspecified atom stereocenters. The van der Waals surface area contributed by atoms with Crippen LogP contribution in [0.5, 0.6) is 0 Å². The average Bonchev–Trinajstić information content (AvgIpc) is 2.07. The van der Waals surface area contributed by atoms with Gasteiger partial charge in [-0.15, -0.1) is 0 Å². The molecule has 96 valence electrons. The summed E-state index contributed by atoms with van der Waals surface area (Å²) in [6.07, 6.45) is -4.41. The van der Waals surface area contributed by atoms with Crippen molar-refractivity contribution in [2.24, 2.45) is 11.7 Å². The summed E-state index contributed by atoms with van der Waals surface area (Å²) < 4.78 is 36.2. The van der Waals surface area contributed by atoms with Crippen LogP contribution >= 0.6 is 12.2 Å². The molecule has 0 amide bonds. The fraction of sp³-hybridized carbons (Fsp3) is 0.900. The Kier molecular flexibility index (Phi) is 6.90. The van der Waals surface area contributed by atoms with Crippen LogP contribution in [0.2, 0.25) is 0 Å². The first-order valence-corrected chi connectivity index (χ1v) is 5.69. The van der Waals surface area contributed by atoms with Gasteiger partial charge in [0.15, 0.2) is 0 Å². The zero-order valence-electron chi connectivity index (χ0n) is 9.68. The van der Waals surface area contributed by atoms with E-state index in [0.717, 1.165) is 0 Å². The fourth-order valence-corrected chi connectivity index (χ4v) is 1.46. The normalized spacial score (nSPS) is 12.4. The van der Waals surface area contributed by atoms with Crippen LogP contribution in [0.3, 0.4) is 0 Å². The van der Waals surface area contributed by atoms with Crippen LogP contribution in [-0.2, 0) is 0 Å². The lowest BCUT2D eigenvalue weighted by molar-refractivity contribution is -0.138. The molecule has 6 heteroatoms. The van der Waals surface area contributed by atoms with Crippen molar-refractivity contribution in [3.8, 4) is 0 Å². The lowest BCUT2D eigenvalue weighted by Gasteiger charge is -2.24. The van der Waals surface area contributed by atoms with E-state index in [0.29, 0.717) is 30.4 Å². The molecule has 0 fully saturated rings. The molecule has 0 aromatic carbocycles. The summed E-state index contributed by atoms with van der Waals surface area (Å²) in [5.41, 5.74) is 5.34. The molecule has 2 nitrogen and oxygen atoms in total. The van der Waals surface area contributed by atoms with Crippen LogP contribution in [0.15, 0.2) is 0 Å². The Bertz CT molecular complexity index is 217. The Hall–Kier alpha value is -0.360. The van der Waals surface area contributed by atoms with E-state index in [1.54, 1.807) is 4.90 Å². The van der Waals surface area contributed by atoms with Crippen LogP contribution < -0.4 is 5.73 Å². The van der Waals surface area contributed by atoms with Gasteiger partial charge in [0.05, 0.1) is 11.4 Å². The number of alkyl halides is 3. The molecule has 16 heavy (non-hydrogen) atoms. The summed E-state index contributed by atoms with van der Waals surface area (Å²) in [5.74, 6) is 0.333. The van der Waals surface area contributed by atoms with Crippen molar-refractivity contribution in [1.29, 1.82) is 0 Å². The highest BCUT2D eigenvalue weighted by Crippen LogP contribution is 2.20. The van der Waals surface area contributed by atoms with Gasteiger partial charge in [-0.25, -0.2) is 0 Å². The molecule has 0 bridgehead atoms. The predicted molar refractivity (Wildman–Crippen MR) is 63.4 cm³/mol. The van der Waals surface area contributed by atoms with Gasteiger partial charge in [-0.1, -0.05) is 26.1 Å². The molecule has 2 N–H and O–H groups in total. The Morgan fingerprint density at radius 2 is 1.88 bits per heavy atom. The topological polar surface area (TPSA) is 29.3 Å². The first-order chi connectivity index (χ1) is 7.20. The summed E-state index contributed by atoms with van der Waals surface area (Å²) in [4.78, 5) is 2.11. The van der Waals surface area contributed by atoms with Crippen molar-refractivity contribution < 1.29 is 13.2 Å². The zero-order valence-corrected chi connectivity index (χ0v) is 10.5. The van der Waals surface area contributed by atoms with E-state index in [2.05, 4.69) is 0 Å². The van der Waals surface area contributed by atoms with E-state index in [1.165, 1.54) is 0 Å². The van der Waals surface area contributed by atoms with Crippen LogP contribution in [0.4, 0.5) is 13.2 Å². The summed E-state index contributed by atoms with van der Waals surface area (Å²) in [6.45, 7) is 5.11. The number of hydrogen-bond acceptors (Lipinski definition) is 2. The molecule has 0 saturated heterocycles. The average molecular weight is 256 g/mol. The number of hydrogen-bond donors (Lipinski definition) is 1. The second-order valence-corrected chi connectivity index (χ2v) is 4.80. The van der Waals surface area contributed by atoms with Gasteiger partial charge < -0.3 is 10.6 Å². The molecule has 0 aliphatic heterocycles. The van der Waals surface area contributed by atoms with Gasteiger partial charge in [0.25, 0.3) is 0 Å². The lowest BCUT2D eigenvalue weighted by atomic mass is 10.2. The summed E-state index contributed by atoms with van der Waals surface area (Å²) in [7, 11) is 0. The zero-order chi connectivity index (χ0) is 12.8. The summed E-state index contributed by atoms with van der Waals surface area (Å²) >= 11 is 4.71. The molecule has 0 rings (SSSR count). The maximum absolute atomic E-state index is 12.1. The molecule has 0 aliphatic carbocycles. The predicted octanol–water partition coefficient (Wildman–Crippen LogP) is 2.57. The van der Waals surface area contributed by atoms with E-state index in [4.69, 9.17) is 18.0 Å². The second-order valence-electron chi connectivity index (χ2n) is 4.28. The molecule has 0 atom stereocenters. The van der Waals surface area contributed by atoms with E-state index >= 15 is 0 Å². The van der Waals surface area contributed by atoms with Gasteiger partial charge in [0.2, 0.25) is 0 Å². The van der Waals surface area contributed by atoms with Crippen molar-refractivity contribution in [2.45, 2.75) is 32.9 Å². The van der Waals surface area contributed by atoms with Gasteiger partial charge in [0, 0.05) is 26.1 Å². The first kappa shape index (κ1) is 15.6. The minimum atomic E-state index is -4.10.